The zero-order valence-corrected chi connectivity index (χ0v) is 17.0. The molecule has 1 aliphatic rings. The highest BCUT2D eigenvalue weighted by atomic mass is 35.5. The summed E-state index contributed by atoms with van der Waals surface area (Å²) in [6.45, 7) is 0.0790. The van der Waals surface area contributed by atoms with Crippen LogP contribution in [0.25, 0.3) is 28.1 Å². The van der Waals surface area contributed by atoms with Crippen molar-refractivity contribution in [1.82, 2.24) is 29.6 Å². The van der Waals surface area contributed by atoms with Gasteiger partial charge in [0.2, 0.25) is 0 Å². The number of nitrogens with zero attached hydrogens (tertiary/aromatic N) is 5. The highest BCUT2D eigenvalue weighted by molar-refractivity contribution is 6.31. The second-order valence-corrected chi connectivity index (χ2v) is 7.94. The Balaban J connectivity index is 1.46. The number of carbonyl (C=O) groups excluding carboxylic acids is 1. The summed E-state index contributed by atoms with van der Waals surface area (Å²) >= 11 is 6.31. The molecule has 0 aliphatic carbocycles. The molecule has 0 radical (unpaired) electrons. The number of alkyl halides is 2. The number of fused-ring (bicyclic) bond motifs is 1. The summed E-state index contributed by atoms with van der Waals surface area (Å²) in [7, 11) is 0. The summed E-state index contributed by atoms with van der Waals surface area (Å²) < 4.78 is 28.6. The first-order valence-corrected chi connectivity index (χ1v) is 10.1. The number of carbonyl (C=O) groups is 1. The van der Waals surface area contributed by atoms with Gasteiger partial charge in [-0.25, -0.2) is 13.8 Å². The van der Waals surface area contributed by atoms with E-state index in [1.54, 1.807) is 18.2 Å². The smallest absolute Gasteiger partial charge is 0.255 e. The lowest BCUT2D eigenvalue weighted by atomic mass is 10.1. The van der Waals surface area contributed by atoms with Crippen LogP contribution in [0.2, 0.25) is 5.02 Å². The lowest BCUT2D eigenvalue weighted by Gasteiger charge is -2.31. The van der Waals surface area contributed by atoms with E-state index in [2.05, 4.69) is 20.2 Å². The van der Waals surface area contributed by atoms with Gasteiger partial charge in [0.1, 0.15) is 12.0 Å². The first kappa shape index (κ1) is 19.6. The number of halogens is 3. The Morgan fingerprint density at radius 2 is 1.97 bits per heavy atom. The molecule has 1 N–H and O–H groups in total. The number of benzene rings is 1. The number of H-pyrrole nitrogens is 1. The third-order valence-corrected chi connectivity index (χ3v) is 5.62. The predicted molar refractivity (Wildman–Crippen MR) is 112 cm³/mol. The molecule has 1 saturated heterocycles. The van der Waals surface area contributed by atoms with E-state index >= 15 is 0 Å². The normalized spacial score (nSPS) is 16.0. The fourth-order valence-electron chi connectivity index (χ4n) is 3.77. The molecular weight excluding hydrogens is 426 g/mol. The maximum Gasteiger partial charge on any atom is 0.255 e. The average Bonchev–Trinajstić information content (AvgIpc) is 3.42. The molecule has 4 aromatic rings. The van der Waals surface area contributed by atoms with Crippen LogP contribution >= 0.6 is 11.6 Å². The molecule has 1 amide bonds. The van der Waals surface area contributed by atoms with Gasteiger partial charge in [0, 0.05) is 60.0 Å². The van der Waals surface area contributed by atoms with Gasteiger partial charge in [-0.2, -0.15) is 0 Å². The van der Waals surface area contributed by atoms with Crippen LogP contribution in [0.3, 0.4) is 0 Å². The van der Waals surface area contributed by atoms with Gasteiger partial charge < -0.3 is 14.5 Å². The standard InChI is InChI=1S/C21H17ClF2N6O/c22-16-8-14(18-26-12-27-28-18)9-17(10-16)30-4-1-13-7-15(11-25-19(13)30)20(31)29-5-2-21(23,24)3-6-29/h1,4,7-12H,2-3,5-6H2,(H,26,27,28). The van der Waals surface area contributed by atoms with Gasteiger partial charge >= 0.3 is 0 Å². The van der Waals surface area contributed by atoms with E-state index in [-0.39, 0.29) is 31.8 Å². The van der Waals surface area contributed by atoms with Crippen LogP contribution in [-0.4, -0.2) is 54.6 Å². The van der Waals surface area contributed by atoms with Crippen LogP contribution in [0.15, 0.2) is 49.1 Å². The quantitative estimate of drug-likeness (QED) is 0.512. The summed E-state index contributed by atoms with van der Waals surface area (Å²) in [6, 6.07) is 9.06. The molecule has 0 atom stereocenters. The molecule has 1 fully saturated rings. The van der Waals surface area contributed by atoms with Crippen molar-refractivity contribution < 1.29 is 13.6 Å². The van der Waals surface area contributed by atoms with Gasteiger partial charge in [-0.3, -0.25) is 4.79 Å². The lowest BCUT2D eigenvalue weighted by Crippen LogP contribution is -2.42. The van der Waals surface area contributed by atoms with Crippen molar-refractivity contribution in [2.75, 3.05) is 13.1 Å². The molecule has 1 aromatic carbocycles. The second kappa shape index (κ2) is 7.42. The highest BCUT2D eigenvalue weighted by Crippen LogP contribution is 2.30. The van der Waals surface area contributed by atoms with E-state index in [1.807, 2.05) is 22.9 Å². The van der Waals surface area contributed by atoms with Gasteiger partial charge in [-0.1, -0.05) is 11.6 Å². The third-order valence-electron chi connectivity index (χ3n) is 5.41. The first-order chi connectivity index (χ1) is 14.9. The Bertz CT molecular complexity index is 1260. The molecule has 4 heterocycles. The highest BCUT2D eigenvalue weighted by Gasteiger charge is 2.35. The SMILES string of the molecule is O=C(c1cnc2c(ccn2-c2cc(Cl)cc(-c3nnc[nH]3)c2)c1)N1CCC(F)(F)CC1. The van der Waals surface area contributed by atoms with Crippen molar-refractivity contribution in [1.29, 1.82) is 0 Å². The molecule has 0 bridgehead atoms. The zero-order valence-electron chi connectivity index (χ0n) is 16.2. The van der Waals surface area contributed by atoms with Crippen molar-refractivity contribution in [3.8, 4) is 17.1 Å². The molecule has 7 nitrogen and oxygen atoms in total. The minimum Gasteiger partial charge on any atom is -0.338 e. The summed E-state index contributed by atoms with van der Waals surface area (Å²) in [5, 5.41) is 9.10. The first-order valence-electron chi connectivity index (χ1n) is 9.71. The summed E-state index contributed by atoms with van der Waals surface area (Å²) in [5.41, 5.74) is 2.57. The molecule has 0 spiro atoms. The van der Waals surface area contributed by atoms with E-state index in [0.29, 0.717) is 22.1 Å². The Morgan fingerprint density at radius 3 is 2.71 bits per heavy atom. The van der Waals surface area contributed by atoms with Crippen molar-refractivity contribution in [3.63, 3.8) is 0 Å². The molecule has 31 heavy (non-hydrogen) atoms. The molecule has 1 aliphatic heterocycles. The van der Waals surface area contributed by atoms with E-state index in [9.17, 15) is 13.6 Å². The molecule has 0 saturated carbocycles. The largest absolute Gasteiger partial charge is 0.338 e. The molecule has 3 aromatic heterocycles. The number of hydrogen-bond acceptors (Lipinski definition) is 4. The third kappa shape index (κ3) is 3.76. The Hall–Kier alpha value is -3.33. The van der Waals surface area contributed by atoms with Crippen LogP contribution in [0.5, 0.6) is 0 Å². The number of nitrogens with one attached hydrogen (secondary N) is 1. The van der Waals surface area contributed by atoms with Crippen molar-refractivity contribution in [3.05, 3.63) is 59.6 Å². The Kier molecular flexibility index (Phi) is 4.70. The number of rotatable bonds is 3. The summed E-state index contributed by atoms with van der Waals surface area (Å²) in [5.74, 6) is -2.39. The monoisotopic (exact) mass is 442 g/mol. The molecule has 5 rings (SSSR count). The van der Waals surface area contributed by atoms with E-state index in [0.717, 1.165) is 16.6 Å². The number of aromatic nitrogens is 5. The van der Waals surface area contributed by atoms with Crippen LogP contribution in [0.1, 0.15) is 23.2 Å². The molecule has 10 heteroatoms. The molecule has 158 valence electrons. The van der Waals surface area contributed by atoms with Gasteiger partial charge in [0.15, 0.2) is 5.82 Å². The van der Waals surface area contributed by atoms with Gasteiger partial charge in [0.25, 0.3) is 11.8 Å². The lowest BCUT2D eigenvalue weighted by molar-refractivity contribution is -0.0494. The number of likely N-dealkylation sites (tertiary alicyclic amines) is 1. The molecule has 0 unspecified atom stereocenters. The topological polar surface area (TPSA) is 79.7 Å². The fraction of sp³-hybridized carbons (Fsp3) is 0.238. The van der Waals surface area contributed by atoms with Crippen molar-refractivity contribution in [2.45, 2.75) is 18.8 Å². The van der Waals surface area contributed by atoms with Gasteiger partial charge in [0.05, 0.1) is 5.56 Å². The number of amides is 1. The van der Waals surface area contributed by atoms with Crippen molar-refractivity contribution >= 4 is 28.5 Å². The van der Waals surface area contributed by atoms with E-state index in [1.165, 1.54) is 17.4 Å². The maximum atomic E-state index is 13.4. The summed E-state index contributed by atoms with van der Waals surface area (Å²) in [4.78, 5) is 21.6. The number of hydrogen-bond donors (Lipinski definition) is 1. The summed E-state index contributed by atoms with van der Waals surface area (Å²) in [6.07, 6.45) is 4.18. The van der Waals surface area contributed by atoms with Gasteiger partial charge in [-0.05, 0) is 30.3 Å². The van der Waals surface area contributed by atoms with Crippen LogP contribution < -0.4 is 0 Å². The van der Waals surface area contributed by atoms with Crippen molar-refractivity contribution in [2.24, 2.45) is 0 Å². The number of pyridine rings is 1. The minimum absolute atomic E-state index is 0.0395. The number of aromatic amines is 1. The molecular formula is C21H17ClF2N6O. The van der Waals surface area contributed by atoms with Crippen LogP contribution in [-0.2, 0) is 0 Å². The minimum atomic E-state index is -2.70. The van der Waals surface area contributed by atoms with E-state index < -0.39 is 5.92 Å². The van der Waals surface area contributed by atoms with Crippen LogP contribution in [0.4, 0.5) is 8.78 Å². The zero-order chi connectivity index (χ0) is 21.6. The second-order valence-electron chi connectivity index (χ2n) is 7.51. The fourth-order valence-corrected chi connectivity index (χ4v) is 3.99. The maximum absolute atomic E-state index is 13.4. The van der Waals surface area contributed by atoms with Crippen LogP contribution in [0, 0.1) is 0 Å². The van der Waals surface area contributed by atoms with Gasteiger partial charge in [-0.15, -0.1) is 10.2 Å². The average molecular weight is 443 g/mol. The number of piperidine rings is 1. The Labute approximate surface area is 180 Å². The predicted octanol–water partition coefficient (Wildman–Crippen LogP) is 4.34. The Morgan fingerprint density at radius 1 is 1.16 bits per heavy atom. The van der Waals surface area contributed by atoms with E-state index in [4.69, 9.17) is 11.6 Å².